The Labute approximate surface area is 124 Å². The molecule has 0 bridgehead atoms. The fourth-order valence-electron chi connectivity index (χ4n) is 2.72. The van der Waals surface area contributed by atoms with E-state index in [2.05, 4.69) is 5.32 Å². The molecule has 108 valence electrons. The topological polar surface area (TPSA) is 38.3 Å². The first-order valence-corrected chi connectivity index (χ1v) is 7.13. The van der Waals surface area contributed by atoms with Crippen molar-refractivity contribution >= 4 is 11.6 Å². The molecule has 1 N–H and O–H groups in total. The number of benzene rings is 2. The smallest absolute Gasteiger partial charge is 0.259 e. The van der Waals surface area contributed by atoms with Gasteiger partial charge in [0.05, 0.1) is 5.56 Å². The highest BCUT2D eigenvalue weighted by Gasteiger charge is 2.33. The van der Waals surface area contributed by atoms with Crippen LogP contribution >= 0.6 is 0 Å². The van der Waals surface area contributed by atoms with Gasteiger partial charge in [-0.3, -0.25) is 4.79 Å². The van der Waals surface area contributed by atoms with Gasteiger partial charge >= 0.3 is 0 Å². The summed E-state index contributed by atoms with van der Waals surface area (Å²) >= 11 is 0. The van der Waals surface area contributed by atoms with E-state index in [0.29, 0.717) is 11.3 Å². The Bertz CT molecular complexity index is 704. The number of hydrogen-bond donors (Lipinski definition) is 1. The normalized spacial score (nSPS) is 15.2. The summed E-state index contributed by atoms with van der Waals surface area (Å²) in [6.45, 7) is 6.08. The molecule has 0 aliphatic carbocycles. The van der Waals surface area contributed by atoms with Crippen molar-refractivity contribution in [3.8, 4) is 5.75 Å². The summed E-state index contributed by atoms with van der Waals surface area (Å²) in [5, 5.41) is 2.94. The molecule has 1 aliphatic rings. The summed E-state index contributed by atoms with van der Waals surface area (Å²) in [5.74, 6) is 0.586. The lowest BCUT2D eigenvalue weighted by molar-refractivity contribution is 0.101. The number of amides is 1. The number of para-hydroxylation sites is 1. The first kappa shape index (κ1) is 13.7. The van der Waals surface area contributed by atoms with Gasteiger partial charge in [-0.25, -0.2) is 0 Å². The van der Waals surface area contributed by atoms with E-state index in [0.717, 1.165) is 23.2 Å². The molecule has 2 aromatic rings. The first-order valence-electron chi connectivity index (χ1n) is 7.13. The molecule has 0 saturated heterocycles. The lowest BCUT2D eigenvalue weighted by atomic mass is 10.0. The van der Waals surface area contributed by atoms with Crippen molar-refractivity contribution in [3.63, 3.8) is 0 Å². The number of hydrogen-bond acceptors (Lipinski definition) is 2. The number of aryl methyl sites for hydroxylation is 1. The molecule has 0 saturated carbocycles. The molecular formula is C18H19NO2. The Kier molecular flexibility index (Phi) is 3.20. The predicted octanol–water partition coefficient (Wildman–Crippen LogP) is 3.96. The van der Waals surface area contributed by atoms with Gasteiger partial charge < -0.3 is 10.1 Å². The van der Waals surface area contributed by atoms with Crippen molar-refractivity contribution < 1.29 is 9.53 Å². The fraction of sp³-hybridized carbons (Fsp3) is 0.278. The second-order valence-corrected chi connectivity index (χ2v) is 6.16. The van der Waals surface area contributed by atoms with Gasteiger partial charge in [0, 0.05) is 12.1 Å². The number of carbonyl (C=O) groups excluding carboxylic acids is 1. The zero-order chi connectivity index (χ0) is 15.0. The van der Waals surface area contributed by atoms with Gasteiger partial charge in [0.2, 0.25) is 0 Å². The van der Waals surface area contributed by atoms with Crippen LogP contribution in [0.25, 0.3) is 0 Å². The monoisotopic (exact) mass is 281 g/mol. The number of ether oxygens (including phenoxy) is 1. The van der Waals surface area contributed by atoms with Gasteiger partial charge in [-0.1, -0.05) is 24.3 Å². The Balaban J connectivity index is 1.89. The molecule has 0 radical (unpaired) electrons. The molecule has 0 fully saturated rings. The highest BCUT2D eigenvalue weighted by Crippen LogP contribution is 2.37. The largest absolute Gasteiger partial charge is 0.486 e. The van der Waals surface area contributed by atoms with Crippen LogP contribution in [0.1, 0.15) is 35.3 Å². The molecule has 3 rings (SSSR count). The van der Waals surface area contributed by atoms with Gasteiger partial charge in [0.1, 0.15) is 11.4 Å². The molecule has 3 nitrogen and oxygen atoms in total. The minimum atomic E-state index is -0.248. The Morgan fingerprint density at radius 2 is 1.95 bits per heavy atom. The molecule has 0 aromatic heterocycles. The van der Waals surface area contributed by atoms with E-state index in [1.165, 1.54) is 0 Å². The minimum Gasteiger partial charge on any atom is -0.486 e. The molecule has 3 heteroatoms. The summed E-state index contributed by atoms with van der Waals surface area (Å²) < 4.78 is 5.95. The van der Waals surface area contributed by atoms with Crippen LogP contribution in [-0.2, 0) is 6.42 Å². The van der Waals surface area contributed by atoms with Crippen molar-refractivity contribution in [2.24, 2.45) is 0 Å². The van der Waals surface area contributed by atoms with E-state index in [4.69, 9.17) is 4.74 Å². The maximum absolute atomic E-state index is 12.5. The van der Waals surface area contributed by atoms with Gasteiger partial charge in [0.25, 0.3) is 5.91 Å². The highest BCUT2D eigenvalue weighted by molar-refractivity contribution is 6.06. The third-order valence-electron chi connectivity index (χ3n) is 3.61. The number of fused-ring (bicyclic) bond motifs is 1. The van der Waals surface area contributed by atoms with E-state index >= 15 is 0 Å². The van der Waals surface area contributed by atoms with E-state index in [9.17, 15) is 4.79 Å². The van der Waals surface area contributed by atoms with E-state index in [1.807, 2.05) is 63.2 Å². The second kappa shape index (κ2) is 4.92. The van der Waals surface area contributed by atoms with Crippen molar-refractivity contribution in [1.29, 1.82) is 0 Å². The summed E-state index contributed by atoms with van der Waals surface area (Å²) in [5.41, 5.74) is 3.36. The molecule has 0 spiro atoms. The second-order valence-electron chi connectivity index (χ2n) is 6.16. The molecule has 0 unspecified atom stereocenters. The quantitative estimate of drug-likeness (QED) is 0.904. The highest BCUT2D eigenvalue weighted by atomic mass is 16.5. The number of carbonyl (C=O) groups is 1. The van der Waals surface area contributed by atoms with E-state index < -0.39 is 0 Å². The van der Waals surface area contributed by atoms with Gasteiger partial charge in [-0.05, 0) is 50.1 Å². The predicted molar refractivity (Wildman–Crippen MR) is 84.0 cm³/mol. The molecule has 21 heavy (non-hydrogen) atoms. The lowest BCUT2D eigenvalue weighted by Gasteiger charge is -2.18. The standard InChI is InChI=1S/C18H19NO2/c1-12-6-4-8-14(10-12)19-17(20)15-9-5-7-13-11-18(2,3)21-16(13)15/h4-10H,11H2,1-3H3,(H,19,20). The van der Waals surface area contributed by atoms with E-state index in [1.54, 1.807) is 0 Å². The molecular weight excluding hydrogens is 262 g/mol. The molecule has 0 atom stereocenters. The van der Waals surface area contributed by atoms with Crippen LogP contribution in [-0.4, -0.2) is 11.5 Å². The summed E-state index contributed by atoms with van der Waals surface area (Å²) in [6.07, 6.45) is 0.827. The fourth-order valence-corrected chi connectivity index (χ4v) is 2.72. The summed E-state index contributed by atoms with van der Waals surface area (Å²) in [4.78, 5) is 12.5. The van der Waals surface area contributed by atoms with Crippen LogP contribution in [0.3, 0.4) is 0 Å². The third kappa shape index (κ3) is 2.77. The number of anilines is 1. The lowest BCUT2D eigenvalue weighted by Crippen LogP contribution is -2.25. The third-order valence-corrected chi connectivity index (χ3v) is 3.61. The van der Waals surface area contributed by atoms with Crippen molar-refractivity contribution in [2.75, 3.05) is 5.32 Å². The average molecular weight is 281 g/mol. The van der Waals surface area contributed by atoms with Crippen LogP contribution in [0, 0.1) is 6.92 Å². The van der Waals surface area contributed by atoms with Gasteiger partial charge in [-0.2, -0.15) is 0 Å². The number of rotatable bonds is 2. The van der Waals surface area contributed by atoms with Crippen LogP contribution in [0.4, 0.5) is 5.69 Å². The van der Waals surface area contributed by atoms with Crippen LogP contribution in [0.5, 0.6) is 5.75 Å². The zero-order valence-corrected chi connectivity index (χ0v) is 12.6. The minimum absolute atomic E-state index is 0.129. The zero-order valence-electron chi connectivity index (χ0n) is 12.6. The summed E-state index contributed by atoms with van der Waals surface area (Å²) in [6, 6.07) is 13.5. The Morgan fingerprint density at radius 1 is 1.19 bits per heavy atom. The SMILES string of the molecule is Cc1cccc(NC(=O)c2cccc3c2OC(C)(C)C3)c1. The molecule has 2 aromatic carbocycles. The van der Waals surface area contributed by atoms with Crippen LogP contribution in [0.2, 0.25) is 0 Å². The molecule has 1 heterocycles. The average Bonchev–Trinajstić information content (AvgIpc) is 2.72. The van der Waals surface area contributed by atoms with Crippen molar-refractivity contribution in [3.05, 3.63) is 59.2 Å². The maximum Gasteiger partial charge on any atom is 0.259 e. The van der Waals surface area contributed by atoms with Gasteiger partial charge in [0.15, 0.2) is 0 Å². The maximum atomic E-state index is 12.5. The Hall–Kier alpha value is -2.29. The van der Waals surface area contributed by atoms with Crippen LogP contribution < -0.4 is 10.1 Å². The Morgan fingerprint density at radius 3 is 2.71 bits per heavy atom. The molecule has 1 amide bonds. The van der Waals surface area contributed by atoms with Gasteiger partial charge in [-0.15, -0.1) is 0 Å². The first-order chi connectivity index (χ1) is 9.94. The number of nitrogens with one attached hydrogen (secondary N) is 1. The van der Waals surface area contributed by atoms with Crippen LogP contribution in [0.15, 0.2) is 42.5 Å². The van der Waals surface area contributed by atoms with Crippen molar-refractivity contribution in [2.45, 2.75) is 32.8 Å². The van der Waals surface area contributed by atoms with E-state index in [-0.39, 0.29) is 11.5 Å². The summed E-state index contributed by atoms with van der Waals surface area (Å²) in [7, 11) is 0. The van der Waals surface area contributed by atoms with Crippen molar-refractivity contribution in [1.82, 2.24) is 0 Å². The molecule has 1 aliphatic heterocycles.